The lowest BCUT2D eigenvalue weighted by molar-refractivity contribution is 0.415. The Balaban J connectivity index is 1.31. The fourth-order valence-electron chi connectivity index (χ4n) is 7.71. The Labute approximate surface area is 305 Å². The maximum absolute atomic E-state index is 9.27. The molecule has 0 unspecified atom stereocenters. The Morgan fingerprint density at radius 2 is 1.02 bits per heavy atom. The largest absolute Gasteiger partial charge is 0.495 e. The van der Waals surface area contributed by atoms with Crippen molar-refractivity contribution < 1.29 is 9.47 Å². The molecule has 0 bridgehead atoms. The molecule has 0 fully saturated rings. The zero-order valence-electron chi connectivity index (χ0n) is 29.4. The first-order valence-corrected chi connectivity index (χ1v) is 17.8. The van der Waals surface area contributed by atoms with Gasteiger partial charge in [0.15, 0.2) is 0 Å². The van der Waals surface area contributed by atoms with Crippen molar-refractivity contribution in [1.82, 2.24) is 0 Å². The van der Waals surface area contributed by atoms with Crippen molar-refractivity contribution in [2.45, 2.75) is 57.8 Å². The normalized spacial score (nSPS) is 17.1. The van der Waals surface area contributed by atoms with Crippen molar-refractivity contribution in [2.24, 2.45) is 9.98 Å². The predicted octanol–water partition coefficient (Wildman–Crippen LogP) is 10.7. The van der Waals surface area contributed by atoms with E-state index in [1.54, 1.807) is 26.4 Å². The van der Waals surface area contributed by atoms with Crippen LogP contribution in [0.2, 0.25) is 0 Å². The molecule has 2 aromatic carbocycles. The van der Waals surface area contributed by atoms with Gasteiger partial charge in [0.25, 0.3) is 0 Å². The van der Waals surface area contributed by atoms with Crippen molar-refractivity contribution in [3.05, 3.63) is 102 Å². The smallest absolute Gasteiger partial charge is 0.350 e. The topological polar surface area (TPSA) is 99.5 Å². The number of nitriles is 2. The minimum absolute atomic E-state index is 0.207. The third-order valence-corrected chi connectivity index (χ3v) is 12.5. The average Bonchev–Trinajstić information content (AvgIpc) is 3.88. The number of methoxy groups -OCH3 is 2. The Morgan fingerprint density at radius 3 is 1.35 bits per heavy atom. The number of ether oxygens (including phenoxy) is 2. The van der Waals surface area contributed by atoms with Gasteiger partial charge in [-0.2, -0.15) is 0 Å². The Kier molecular flexibility index (Phi) is 7.70. The number of hydrogen-bond donors (Lipinski definition) is 0. The molecule has 0 amide bonds. The maximum Gasteiger partial charge on any atom is 0.350 e. The van der Waals surface area contributed by atoms with E-state index in [0.717, 1.165) is 20.9 Å². The molecule has 2 aromatic heterocycles. The molecule has 2 heterocycles. The number of hydrogen-bond acceptors (Lipinski definition) is 8. The lowest BCUT2D eigenvalue weighted by atomic mass is 9.77. The molecule has 3 aliphatic rings. The number of rotatable bonds is 6. The zero-order chi connectivity index (χ0) is 36.6. The number of thiophene rings is 2. The number of fused-ring (bicyclic) bond motifs is 5. The summed E-state index contributed by atoms with van der Waals surface area (Å²) >= 11 is 2.85. The molecule has 51 heavy (non-hydrogen) atoms. The third kappa shape index (κ3) is 4.95. The van der Waals surface area contributed by atoms with Gasteiger partial charge in [-0.1, -0.05) is 87.3 Å². The molecule has 0 radical (unpaired) electrons. The van der Waals surface area contributed by atoms with Gasteiger partial charge in [-0.3, -0.25) is 0 Å². The van der Waals surface area contributed by atoms with Crippen LogP contribution in [0.3, 0.4) is 0 Å². The van der Waals surface area contributed by atoms with Crippen LogP contribution >= 0.6 is 22.7 Å². The van der Waals surface area contributed by atoms with Crippen molar-refractivity contribution in [3.8, 4) is 34.8 Å². The number of benzene rings is 2. The van der Waals surface area contributed by atoms with Crippen molar-refractivity contribution in [1.29, 1.82) is 10.5 Å². The summed E-state index contributed by atoms with van der Waals surface area (Å²) in [6.07, 6.45) is 4.50. The van der Waals surface area contributed by atoms with Crippen molar-refractivity contribution >= 4 is 67.6 Å². The van der Waals surface area contributed by atoms with Gasteiger partial charge in [-0.25, -0.2) is 10.5 Å². The molecule has 0 aliphatic heterocycles. The standard InChI is InChI=1S/C41H32N6O2S2/c1-39(2)25-15-23-24-16-26-22(14-30(40(26,3)4)38-32(49-10)18-36(51-38)47-34(20-43)45-8)12-28(24)41(5,6)27(23)11-21(25)13-29(39)37-31(48-9)17-35(50-37)46-33(19-42)44-7/h11-18H,1-6,9-10H3. The third-order valence-electron chi connectivity index (χ3n) is 10.5. The summed E-state index contributed by atoms with van der Waals surface area (Å²) in [6.45, 7) is 28.0. The Hall–Kier alpha value is -5.78. The van der Waals surface area contributed by atoms with E-state index >= 15 is 0 Å². The summed E-state index contributed by atoms with van der Waals surface area (Å²) in [5, 5.41) is 19.7. The van der Waals surface area contributed by atoms with Crippen molar-refractivity contribution in [2.75, 3.05) is 14.2 Å². The molecule has 0 atom stereocenters. The second-order valence-corrected chi connectivity index (χ2v) is 16.3. The molecule has 8 nitrogen and oxygen atoms in total. The van der Waals surface area contributed by atoms with Crippen LogP contribution in [-0.4, -0.2) is 25.9 Å². The number of nitrogens with zero attached hydrogens (tertiary/aromatic N) is 6. The van der Waals surface area contributed by atoms with Gasteiger partial charge >= 0.3 is 11.7 Å². The van der Waals surface area contributed by atoms with Gasteiger partial charge in [0, 0.05) is 28.4 Å². The molecule has 250 valence electrons. The van der Waals surface area contributed by atoms with Gasteiger partial charge in [0.1, 0.15) is 23.6 Å². The summed E-state index contributed by atoms with van der Waals surface area (Å²) in [5.74, 6) is 0.931. The minimum Gasteiger partial charge on any atom is -0.495 e. The second kappa shape index (κ2) is 11.6. The molecule has 10 heteroatoms. The van der Waals surface area contributed by atoms with Gasteiger partial charge in [0.05, 0.1) is 24.0 Å². The number of allylic oxidation sites excluding steroid dienone is 2. The predicted molar refractivity (Wildman–Crippen MR) is 206 cm³/mol. The van der Waals surface area contributed by atoms with Gasteiger partial charge in [-0.15, -0.1) is 0 Å². The van der Waals surface area contributed by atoms with E-state index in [-0.39, 0.29) is 27.9 Å². The fourth-order valence-corrected chi connectivity index (χ4v) is 10.1. The SMILES string of the molecule is [C-]#[N+]C(C#N)=Nc1cc(OC)c(C2=Cc3cc4c(cc3C2(C)C)-c2cc3c(cc2C4(C)C)C=C(c2sc(N=C(C#N)[N+]#[C-])cc2OC)C3(C)C)s1. The summed E-state index contributed by atoms with van der Waals surface area (Å²) < 4.78 is 11.6. The van der Waals surface area contributed by atoms with E-state index in [1.165, 1.54) is 67.2 Å². The molecule has 0 saturated heterocycles. The average molecular weight is 705 g/mol. The lowest BCUT2D eigenvalue weighted by Gasteiger charge is -2.26. The van der Waals surface area contributed by atoms with Crippen LogP contribution in [0.15, 0.2) is 46.4 Å². The fraction of sp³-hybridized carbons (Fsp3) is 0.268. The maximum atomic E-state index is 9.27. The van der Waals surface area contributed by atoms with Crippen LogP contribution in [0.4, 0.5) is 10.0 Å². The highest BCUT2D eigenvalue weighted by Gasteiger charge is 2.44. The first kappa shape index (κ1) is 33.7. The molecule has 0 N–H and O–H groups in total. The monoisotopic (exact) mass is 704 g/mol. The number of amidine groups is 2. The quantitative estimate of drug-likeness (QED) is 0.113. The molecule has 0 saturated carbocycles. The van der Waals surface area contributed by atoms with Crippen LogP contribution in [0.1, 0.15) is 84.7 Å². The van der Waals surface area contributed by atoms with Crippen molar-refractivity contribution in [3.63, 3.8) is 0 Å². The van der Waals surface area contributed by atoms with Gasteiger partial charge < -0.3 is 19.2 Å². The van der Waals surface area contributed by atoms with Gasteiger partial charge in [-0.05, 0) is 92.1 Å². The first-order valence-electron chi connectivity index (χ1n) is 16.1. The highest BCUT2D eigenvalue weighted by Crippen LogP contribution is 2.59. The summed E-state index contributed by atoms with van der Waals surface area (Å²) in [6, 6.07) is 16.7. The Morgan fingerprint density at radius 1 is 0.627 bits per heavy atom. The highest BCUT2D eigenvalue weighted by molar-refractivity contribution is 7.17. The first-order chi connectivity index (χ1) is 24.2. The van der Waals surface area contributed by atoms with E-state index in [9.17, 15) is 10.5 Å². The van der Waals surface area contributed by atoms with E-state index in [0.29, 0.717) is 21.5 Å². The lowest BCUT2D eigenvalue weighted by Crippen LogP contribution is -2.18. The molecule has 3 aliphatic carbocycles. The summed E-state index contributed by atoms with van der Waals surface area (Å²) in [5.41, 5.74) is 11.1. The van der Waals surface area contributed by atoms with Crippen LogP contribution in [0, 0.1) is 35.8 Å². The summed E-state index contributed by atoms with van der Waals surface area (Å²) in [4.78, 5) is 16.8. The van der Waals surface area contributed by atoms with E-state index in [2.05, 4.69) is 97.6 Å². The van der Waals surface area contributed by atoms with Gasteiger partial charge in [0.2, 0.25) is 10.0 Å². The molecule has 0 spiro atoms. The van der Waals surface area contributed by atoms with Crippen LogP contribution in [-0.2, 0) is 16.2 Å². The molecule has 7 rings (SSSR count). The second-order valence-electron chi connectivity index (χ2n) is 14.2. The molecular formula is C41H32N6O2S2. The Bertz CT molecular complexity index is 2320. The number of aliphatic imine (C=N–C) groups is 2. The van der Waals surface area contributed by atoms with E-state index in [4.69, 9.17) is 22.6 Å². The summed E-state index contributed by atoms with van der Waals surface area (Å²) in [7, 11) is 3.26. The zero-order valence-corrected chi connectivity index (χ0v) is 31.1. The molecular weight excluding hydrogens is 673 g/mol. The van der Waals surface area contributed by atoms with Crippen LogP contribution < -0.4 is 9.47 Å². The minimum atomic E-state index is -0.354. The van der Waals surface area contributed by atoms with E-state index < -0.39 is 0 Å². The van der Waals surface area contributed by atoms with E-state index in [1.807, 2.05) is 12.1 Å². The molecule has 4 aromatic rings. The van der Waals surface area contributed by atoms with Crippen LogP contribution in [0.25, 0.3) is 44.1 Å². The highest BCUT2D eigenvalue weighted by atomic mass is 32.1. The van der Waals surface area contributed by atoms with Crippen LogP contribution in [0.5, 0.6) is 11.5 Å².